The summed E-state index contributed by atoms with van der Waals surface area (Å²) in [6.45, 7) is 7.08. The molecule has 12 nitrogen and oxygen atoms in total. The average molecular weight is 671 g/mol. The van der Waals surface area contributed by atoms with Crippen molar-refractivity contribution in [2.24, 2.45) is 0 Å². The fourth-order valence-electron chi connectivity index (χ4n) is 5.94. The van der Waals surface area contributed by atoms with Crippen molar-refractivity contribution in [3.05, 3.63) is 71.2 Å². The first-order valence-corrected chi connectivity index (χ1v) is 16.6. The van der Waals surface area contributed by atoms with Gasteiger partial charge >= 0.3 is 12.1 Å². The molecule has 5 amide bonds. The number of benzene rings is 2. The van der Waals surface area contributed by atoms with Gasteiger partial charge in [-0.25, -0.2) is 14.6 Å². The smallest absolute Gasteiger partial charge is 0.410 e. The highest BCUT2D eigenvalue weighted by molar-refractivity contribution is 7.21. The van der Waals surface area contributed by atoms with E-state index in [1.54, 1.807) is 37.9 Å². The van der Waals surface area contributed by atoms with Crippen LogP contribution in [0.25, 0.3) is 10.2 Å². The van der Waals surface area contributed by atoms with Crippen LogP contribution in [-0.2, 0) is 9.53 Å². The quantitative estimate of drug-likeness (QED) is 0.189. The predicted molar refractivity (Wildman–Crippen MR) is 184 cm³/mol. The van der Waals surface area contributed by atoms with E-state index >= 15 is 0 Å². The van der Waals surface area contributed by atoms with Crippen molar-refractivity contribution in [1.29, 1.82) is 0 Å². The molecule has 4 aromatic rings. The second-order valence-corrected chi connectivity index (χ2v) is 14.0. The molecule has 1 fully saturated rings. The van der Waals surface area contributed by atoms with Gasteiger partial charge in [0.15, 0.2) is 0 Å². The molecular weight excluding hydrogens is 632 g/mol. The summed E-state index contributed by atoms with van der Waals surface area (Å²) in [6.07, 6.45) is 2.96. The van der Waals surface area contributed by atoms with Gasteiger partial charge in [0.25, 0.3) is 5.91 Å². The summed E-state index contributed by atoms with van der Waals surface area (Å²) in [6, 6.07) is 16.1. The Kier molecular flexibility index (Phi) is 8.97. The highest BCUT2D eigenvalue weighted by atomic mass is 32.1. The normalized spacial score (nSPS) is 17.1. The number of pyridine rings is 1. The van der Waals surface area contributed by atoms with E-state index in [4.69, 9.17) is 9.47 Å². The van der Waals surface area contributed by atoms with Crippen LogP contribution >= 0.6 is 11.3 Å². The Balaban J connectivity index is 1.13. The van der Waals surface area contributed by atoms with Crippen molar-refractivity contribution in [1.82, 2.24) is 20.5 Å². The zero-order valence-corrected chi connectivity index (χ0v) is 28.3. The molecule has 13 heteroatoms. The molecule has 1 saturated carbocycles. The van der Waals surface area contributed by atoms with E-state index in [1.165, 1.54) is 23.3 Å². The Hall–Kier alpha value is -5.17. The van der Waals surface area contributed by atoms with Crippen molar-refractivity contribution < 1.29 is 28.7 Å². The summed E-state index contributed by atoms with van der Waals surface area (Å²) in [5.74, 6) is 0.754. The van der Waals surface area contributed by atoms with E-state index in [1.807, 2.05) is 55.5 Å². The topological polar surface area (TPSA) is 142 Å². The highest BCUT2D eigenvalue weighted by Crippen LogP contribution is 2.46. The Bertz CT molecular complexity index is 1890. The van der Waals surface area contributed by atoms with E-state index in [2.05, 4.69) is 20.9 Å². The van der Waals surface area contributed by atoms with E-state index in [9.17, 15) is 19.2 Å². The first kappa shape index (κ1) is 32.8. The molecule has 0 unspecified atom stereocenters. The molecule has 250 valence electrons. The molecule has 2 atom stereocenters. The van der Waals surface area contributed by atoms with E-state index in [0.717, 1.165) is 5.56 Å². The standard InChI is InChI=1S/C35H38N6O6S/c1-20-17-24(46-23-9-7-6-8-10-23)13-14-25(20)41-26-15-16-36-32-28(26)29(39-33(41)44)30(48-32)31(43)38-22-12-11-21(18-22)37-27(42)19-40(5)34(45)47-35(2,3)4/h6-10,13-17,21-22H,11-12,18-19H2,1-5H3,(H,37,42)(H,38,43)(H,39,44)/t21-,22+/m0/s1. The summed E-state index contributed by atoms with van der Waals surface area (Å²) in [5.41, 5.74) is 1.93. The summed E-state index contributed by atoms with van der Waals surface area (Å²) in [7, 11) is 1.51. The molecule has 0 bridgehead atoms. The minimum Gasteiger partial charge on any atom is -0.457 e. The number of carbonyl (C=O) groups excluding carboxylic acids is 4. The van der Waals surface area contributed by atoms with Gasteiger partial charge in [-0.05, 0) is 88.9 Å². The predicted octanol–water partition coefficient (Wildman–Crippen LogP) is 6.71. The largest absolute Gasteiger partial charge is 0.457 e. The van der Waals surface area contributed by atoms with Crippen LogP contribution in [0.5, 0.6) is 11.5 Å². The molecule has 2 aromatic carbocycles. The second-order valence-electron chi connectivity index (χ2n) is 13.0. The third kappa shape index (κ3) is 7.05. The number of para-hydroxylation sites is 1. The first-order valence-electron chi connectivity index (χ1n) is 15.8. The molecule has 6 rings (SSSR count). The number of urea groups is 1. The lowest BCUT2D eigenvalue weighted by Gasteiger charge is -2.29. The van der Waals surface area contributed by atoms with Crippen molar-refractivity contribution >= 4 is 62.6 Å². The molecule has 3 heterocycles. The fraction of sp³-hybridized carbons (Fsp3) is 0.343. The van der Waals surface area contributed by atoms with Gasteiger partial charge in [0.05, 0.1) is 22.4 Å². The van der Waals surface area contributed by atoms with Gasteiger partial charge in [-0.15, -0.1) is 11.3 Å². The van der Waals surface area contributed by atoms with Crippen LogP contribution in [0.3, 0.4) is 0 Å². The number of carbonyl (C=O) groups is 4. The highest BCUT2D eigenvalue weighted by Gasteiger charge is 2.35. The average Bonchev–Trinajstić information content (AvgIpc) is 3.62. The van der Waals surface area contributed by atoms with Gasteiger partial charge in [0, 0.05) is 25.3 Å². The number of nitrogens with one attached hydrogen (secondary N) is 3. The summed E-state index contributed by atoms with van der Waals surface area (Å²) >= 11 is 1.22. The zero-order valence-electron chi connectivity index (χ0n) is 27.5. The molecule has 48 heavy (non-hydrogen) atoms. The number of aromatic nitrogens is 1. The van der Waals surface area contributed by atoms with Crippen LogP contribution < -0.4 is 25.6 Å². The van der Waals surface area contributed by atoms with Gasteiger partial charge < -0.3 is 30.3 Å². The van der Waals surface area contributed by atoms with E-state index in [-0.39, 0.29) is 36.5 Å². The maximum atomic E-state index is 13.6. The molecule has 2 aliphatic rings. The van der Waals surface area contributed by atoms with Gasteiger partial charge in [0.1, 0.15) is 33.4 Å². The van der Waals surface area contributed by atoms with Gasteiger partial charge in [-0.3, -0.25) is 14.5 Å². The summed E-state index contributed by atoms with van der Waals surface area (Å²) in [4.78, 5) is 60.4. The maximum absolute atomic E-state index is 13.6. The zero-order chi connectivity index (χ0) is 34.2. The molecule has 0 saturated heterocycles. The minimum absolute atomic E-state index is 0.134. The van der Waals surface area contributed by atoms with Gasteiger partial charge in [-0.1, -0.05) is 18.2 Å². The lowest BCUT2D eigenvalue weighted by molar-refractivity contribution is -0.122. The van der Waals surface area contributed by atoms with Crippen LogP contribution in [0.2, 0.25) is 0 Å². The van der Waals surface area contributed by atoms with E-state index < -0.39 is 11.7 Å². The third-order valence-corrected chi connectivity index (χ3v) is 9.16. The summed E-state index contributed by atoms with van der Waals surface area (Å²) in [5, 5.41) is 9.69. The van der Waals surface area contributed by atoms with Crippen molar-refractivity contribution in [3.63, 3.8) is 0 Å². The van der Waals surface area contributed by atoms with Crippen molar-refractivity contribution in [2.45, 2.75) is 64.6 Å². The van der Waals surface area contributed by atoms with Gasteiger partial charge in [-0.2, -0.15) is 0 Å². The number of ether oxygens (including phenoxy) is 2. The number of anilines is 3. The lowest BCUT2D eigenvalue weighted by Crippen LogP contribution is -2.44. The molecular formula is C35H38N6O6S. The number of nitrogens with zero attached hydrogens (tertiary/aromatic N) is 3. The minimum atomic E-state index is -0.657. The van der Waals surface area contributed by atoms with Crippen LogP contribution in [0, 0.1) is 6.92 Å². The Morgan fingerprint density at radius 3 is 2.46 bits per heavy atom. The lowest BCUT2D eigenvalue weighted by atomic mass is 10.1. The van der Waals surface area contributed by atoms with Gasteiger partial charge in [0.2, 0.25) is 5.91 Å². The number of hydrogen-bond acceptors (Lipinski definition) is 8. The first-order chi connectivity index (χ1) is 22.9. The maximum Gasteiger partial charge on any atom is 0.410 e. The Morgan fingerprint density at radius 2 is 1.75 bits per heavy atom. The summed E-state index contributed by atoms with van der Waals surface area (Å²) < 4.78 is 11.3. The monoisotopic (exact) mass is 670 g/mol. The molecule has 2 aromatic heterocycles. The fourth-order valence-corrected chi connectivity index (χ4v) is 6.96. The van der Waals surface area contributed by atoms with Crippen LogP contribution in [0.15, 0.2) is 60.8 Å². The van der Waals surface area contributed by atoms with Crippen molar-refractivity contribution in [2.75, 3.05) is 23.8 Å². The molecule has 0 radical (unpaired) electrons. The van der Waals surface area contributed by atoms with Crippen LogP contribution in [-0.4, -0.2) is 65.1 Å². The van der Waals surface area contributed by atoms with Crippen molar-refractivity contribution in [3.8, 4) is 11.5 Å². The number of thiophene rings is 1. The van der Waals surface area contributed by atoms with Crippen LogP contribution in [0.4, 0.5) is 26.7 Å². The Morgan fingerprint density at radius 1 is 1.02 bits per heavy atom. The molecule has 1 aliphatic carbocycles. The number of aryl methyl sites for hydroxylation is 1. The number of hydrogen-bond donors (Lipinski definition) is 3. The van der Waals surface area contributed by atoms with Crippen LogP contribution in [0.1, 0.15) is 55.3 Å². The molecule has 0 spiro atoms. The SMILES string of the molecule is Cc1cc(Oc2ccccc2)ccc1N1C(=O)Nc2c(C(=O)N[C@@H]3CC[C@H](NC(=O)CN(C)C(=O)OC(C)(C)C)C3)sc3nccc1c23. The number of amides is 5. The molecule has 1 aliphatic heterocycles. The molecule has 3 N–H and O–H groups in total. The second kappa shape index (κ2) is 13.1. The number of likely N-dealkylation sites (N-methyl/N-ethyl adjacent to an activating group) is 1. The van der Waals surface area contributed by atoms with E-state index in [0.29, 0.717) is 62.9 Å². The number of rotatable bonds is 8. The Labute approximate surface area is 282 Å². The third-order valence-electron chi connectivity index (χ3n) is 8.06.